The molecule has 2 rings (SSSR count). The van der Waals surface area contributed by atoms with Gasteiger partial charge < -0.3 is 14.8 Å². The average molecular weight is 370 g/mol. The molecule has 27 heavy (non-hydrogen) atoms. The normalized spacial score (nSPS) is 11.5. The van der Waals surface area contributed by atoms with E-state index in [0.29, 0.717) is 19.0 Å². The zero-order valence-corrected chi connectivity index (χ0v) is 17.6. The largest absolute Gasteiger partial charge is 0.351 e. The van der Waals surface area contributed by atoms with Crippen LogP contribution >= 0.6 is 0 Å². The molecule has 0 aliphatic heterocycles. The summed E-state index contributed by atoms with van der Waals surface area (Å²) < 4.78 is 2.08. The predicted molar refractivity (Wildman–Crippen MR) is 116 cm³/mol. The first-order valence-corrected chi connectivity index (χ1v) is 10.2. The van der Waals surface area contributed by atoms with Crippen LogP contribution in [0.25, 0.3) is 10.9 Å². The molecule has 0 atom stereocenters. The Hall–Kier alpha value is -2.07. The number of carbonyl (C=O) groups is 1. The number of aryl methyl sites for hydroxylation is 1. The summed E-state index contributed by atoms with van der Waals surface area (Å²) in [7, 11) is 0. The second-order valence-electron chi connectivity index (χ2n) is 7.44. The fourth-order valence-electron chi connectivity index (χ4n) is 3.64. The Bertz CT molecular complexity index is 785. The van der Waals surface area contributed by atoms with Gasteiger partial charge >= 0.3 is 0 Å². The lowest BCUT2D eigenvalue weighted by molar-refractivity contribution is 0.0943. The van der Waals surface area contributed by atoms with Gasteiger partial charge in [0, 0.05) is 24.0 Å². The fourth-order valence-corrected chi connectivity index (χ4v) is 3.64. The monoisotopic (exact) mass is 369 g/mol. The molecule has 0 aliphatic rings. The van der Waals surface area contributed by atoms with Crippen LogP contribution in [0.1, 0.15) is 61.6 Å². The van der Waals surface area contributed by atoms with E-state index in [4.69, 9.17) is 0 Å². The zero-order valence-electron chi connectivity index (χ0n) is 17.6. The first-order valence-electron chi connectivity index (χ1n) is 10.2. The third-order valence-corrected chi connectivity index (χ3v) is 5.37. The minimum atomic E-state index is 0.0104. The first kappa shape index (κ1) is 21.2. The number of hydrogen-bond acceptors (Lipinski definition) is 2. The quantitative estimate of drug-likeness (QED) is 0.486. The summed E-state index contributed by atoms with van der Waals surface area (Å²) in [5, 5.41) is 4.28. The van der Waals surface area contributed by atoms with E-state index in [2.05, 4.69) is 74.2 Å². The molecule has 0 saturated heterocycles. The maximum atomic E-state index is 13.0. The topological polar surface area (TPSA) is 37.3 Å². The molecule has 1 N–H and O–H groups in total. The Morgan fingerprint density at radius 2 is 2.00 bits per heavy atom. The summed E-state index contributed by atoms with van der Waals surface area (Å²) in [5.41, 5.74) is 4.21. The van der Waals surface area contributed by atoms with Crippen molar-refractivity contribution in [2.24, 2.45) is 0 Å². The van der Waals surface area contributed by atoms with Crippen LogP contribution in [0.3, 0.4) is 0 Å². The van der Waals surface area contributed by atoms with E-state index in [1.807, 2.05) is 6.08 Å². The maximum Gasteiger partial charge on any atom is 0.268 e. The third-order valence-electron chi connectivity index (χ3n) is 5.37. The van der Waals surface area contributed by atoms with Crippen LogP contribution in [-0.4, -0.2) is 41.6 Å². The summed E-state index contributed by atoms with van der Waals surface area (Å²) >= 11 is 0. The standard InChI is InChI=1S/C23H35N3O/c1-7-14-26-21-12-11-19(17(4)5)16-20(21)18(6)22(26)23(27)24-13-10-15-25(8-2)9-3/h7,11-12,16-17H,1,8-10,13-15H2,2-6H3,(H,24,27). The second-order valence-corrected chi connectivity index (χ2v) is 7.44. The Balaban J connectivity index is 2.25. The first-order chi connectivity index (χ1) is 12.9. The molecule has 0 bridgehead atoms. The van der Waals surface area contributed by atoms with Crippen molar-refractivity contribution >= 4 is 16.8 Å². The van der Waals surface area contributed by atoms with E-state index in [1.54, 1.807) is 0 Å². The van der Waals surface area contributed by atoms with Gasteiger partial charge in [0.15, 0.2) is 0 Å². The lowest BCUT2D eigenvalue weighted by Crippen LogP contribution is -2.31. The van der Waals surface area contributed by atoms with Crippen molar-refractivity contribution in [1.29, 1.82) is 0 Å². The van der Waals surface area contributed by atoms with Gasteiger partial charge in [-0.3, -0.25) is 4.79 Å². The number of benzene rings is 1. The van der Waals surface area contributed by atoms with Crippen LogP contribution in [0.15, 0.2) is 30.9 Å². The average Bonchev–Trinajstić information content (AvgIpc) is 2.93. The Morgan fingerprint density at radius 1 is 1.30 bits per heavy atom. The Labute approximate surface area is 164 Å². The molecule has 0 fully saturated rings. The maximum absolute atomic E-state index is 13.0. The van der Waals surface area contributed by atoms with Gasteiger partial charge in [-0.2, -0.15) is 0 Å². The number of fused-ring (bicyclic) bond motifs is 1. The summed E-state index contributed by atoms with van der Waals surface area (Å²) in [6.45, 7) is 19.1. The van der Waals surface area contributed by atoms with E-state index in [-0.39, 0.29) is 5.91 Å². The number of nitrogens with zero attached hydrogens (tertiary/aromatic N) is 2. The highest BCUT2D eigenvalue weighted by molar-refractivity contribution is 6.01. The van der Waals surface area contributed by atoms with Gasteiger partial charge in [-0.15, -0.1) is 6.58 Å². The van der Waals surface area contributed by atoms with Crippen LogP contribution in [0.5, 0.6) is 0 Å². The predicted octanol–water partition coefficient (Wildman–Crippen LogP) is 4.72. The summed E-state index contributed by atoms with van der Waals surface area (Å²) in [6, 6.07) is 6.53. The molecule has 1 heterocycles. The van der Waals surface area contributed by atoms with Gasteiger partial charge in [-0.1, -0.05) is 39.8 Å². The molecule has 0 aliphatic carbocycles. The van der Waals surface area contributed by atoms with Crippen molar-refractivity contribution in [2.45, 2.75) is 53.5 Å². The van der Waals surface area contributed by atoms with Crippen LogP contribution in [0.4, 0.5) is 0 Å². The lowest BCUT2D eigenvalue weighted by Gasteiger charge is -2.17. The highest BCUT2D eigenvalue weighted by Gasteiger charge is 2.20. The zero-order chi connectivity index (χ0) is 20.0. The van der Waals surface area contributed by atoms with Crippen molar-refractivity contribution in [2.75, 3.05) is 26.2 Å². The molecule has 0 radical (unpaired) electrons. The molecule has 4 heteroatoms. The molecule has 1 aromatic carbocycles. The van der Waals surface area contributed by atoms with Crippen LogP contribution in [-0.2, 0) is 6.54 Å². The van der Waals surface area contributed by atoms with Gasteiger partial charge in [0.05, 0.1) is 0 Å². The number of rotatable bonds is 10. The molecule has 1 aromatic heterocycles. The number of allylic oxidation sites excluding steroid dienone is 1. The van der Waals surface area contributed by atoms with Gasteiger partial charge in [0.1, 0.15) is 5.69 Å². The van der Waals surface area contributed by atoms with E-state index < -0.39 is 0 Å². The number of aromatic nitrogens is 1. The molecule has 4 nitrogen and oxygen atoms in total. The molecular weight excluding hydrogens is 334 g/mol. The Morgan fingerprint density at radius 3 is 2.59 bits per heavy atom. The molecule has 0 unspecified atom stereocenters. The van der Waals surface area contributed by atoms with Crippen LogP contribution < -0.4 is 5.32 Å². The molecule has 2 aromatic rings. The molecular formula is C23H35N3O. The van der Waals surface area contributed by atoms with Crippen LogP contribution in [0, 0.1) is 6.92 Å². The van der Waals surface area contributed by atoms with Crippen molar-refractivity contribution in [1.82, 2.24) is 14.8 Å². The van der Waals surface area contributed by atoms with Crippen LogP contribution in [0.2, 0.25) is 0 Å². The minimum Gasteiger partial charge on any atom is -0.351 e. The molecule has 0 saturated carbocycles. The van der Waals surface area contributed by atoms with Gasteiger partial charge in [-0.25, -0.2) is 0 Å². The molecule has 1 amide bonds. The summed E-state index contributed by atoms with van der Waals surface area (Å²) in [6.07, 6.45) is 2.82. The second kappa shape index (κ2) is 9.75. The highest BCUT2D eigenvalue weighted by Crippen LogP contribution is 2.29. The highest BCUT2D eigenvalue weighted by atomic mass is 16.1. The number of carbonyl (C=O) groups excluding carboxylic acids is 1. The van der Waals surface area contributed by atoms with E-state index in [1.165, 1.54) is 5.56 Å². The number of amides is 1. The molecule has 148 valence electrons. The van der Waals surface area contributed by atoms with E-state index in [0.717, 1.165) is 48.2 Å². The smallest absolute Gasteiger partial charge is 0.268 e. The summed E-state index contributed by atoms with van der Waals surface area (Å²) in [4.78, 5) is 15.3. The minimum absolute atomic E-state index is 0.0104. The van der Waals surface area contributed by atoms with E-state index in [9.17, 15) is 4.79 Å². The number of hydrogen-bond donors (Lipinski definition) is 1. The third kappa shape index (κ3) is 4.81. The number of nitrogens with one attached hydrogen (secondary N) is 1. The molecule has 0 spiro atoms. The Kier molecular flexibility index (Phi) is 7.66. The SMILES string of the molecule is C=CCn1c(C(=O)NCCCN(CC)CC)c(C)c2cc(C(C)C)ccc21. The van der Waals surface area contributed by atoms with Gasteiger partial charge in [0.2, 0.25) is 0 Å². The van der Waals surface area contributed by atoms with Crippen molar-refractivity contribution in [3.63, 3.8) is 0 Å². The van der Waals surface area contributed by atoms with Gasteiger partial charge in [-0.05, 0) is 62.2 Å². The lowest BCUT2D eigenvalue weighted by atomic mass is 10.0. The van der Waals surface area contributed by atoms with Crippen molar-refractivity contribution in [3.8, 4) is 0 Å². The fraction of sp³-hybridized carbons (Fsp3) is 0.522. The summed E-state index contributed by atoms with van der Waals surface area (Å²) in [5.74, 6) is 0.477. The van der Waals surface area contributed by atoms with Crippen molar-refractivity contribution in [3.05, 3.63) is 47.7 Å². The van der Waals surface area contributed by atoms with Gasteiger partial charge in [0.25, 0.3) is 5.91 Å². The van der Waals surface area contributed by atoms with E-state index >= 15 is 0 Å². The van der Waals surface area contributed by atoms with Crippen molar-refractivity contribution < 1.29 is 4.79 Å².